The molecule has 0 aromatic carbocycles. The molecule has 8 atom stereocenters. The Hall–Kier alpha value is -3.31. The van der Waals surface area contributed by atoms with E-state index in [0.717, 1.165) is 12.7 Å². The molecule has 2 N–H and O–H groups in total. The molecule has 0 bridgehead atoms. The number of rotatable bonds is 6. The second-order valence-corrected chi connectivity index (χ2v) is 10.3. The molecule has 38 heavy (non-hydrogen) atoms. The summed E-state index contributed by atoms with van der Waals surface area (Å²) >= 11 is 0. The Morgan fingerprint density at radius 1 is 0.816 bits per heavy atom. The van der Waals surface area contributed by atoms with Crippen LogP contribution in [0.15, 0.2) is 56.4 Å². The van der Waals surface area contributed by atoms with Gasteiger partial charge in [0.1, 0.15) is 18.1 Å². The van der Waals surface area contributed by atoms with E-state index in [0.29, 0.717) is 6.42 Å². The lowest BCUT2D eigenvalue weighted by Crippen LogP contribution is -2.36. The first-order valence-corrected chi connectivity index (χ1v) is 13.0. The SMILES string of the molecule is C=CC1(CC)OC(n2ccc(=O)[nH]c2=O)C(C)C1C.CCC1(C=O)OC(n2ccc(=O)[nH]c2=O)C(C)C1C. The van der Waals surface area contributed by atoms with E-state index in [9.17, 15) is 24.0 Å². The van der Waals surface area contributed by atoms with Gasteiger partial charge in [-0.05, 0) is 24.7 Å². The number of H-pyrrole nitrogens is 2. The molecule has 2 aromatic rings. The molecular weight excluding hydrogens is 492 g/mol. The van der Waals surface area contributed by atoms with Crippen LogP contribution in [0.5, 0.6) is 0 Å². The molecule has 0 radical (unpaired) electrons. The van der Waals surface area contributed by atoms with Crippen LogP contribution in [-0.4, -0.2) is 36.6 Å². The number of carbonyl (C=O) groups excluding carboxylic acids is 1. The molecule has 2 saturated heterocycles. The zero-order valence-corrected chi connectivity index (χ0v) is 22.8. The molecule has 0 aliphatic carbocycles. The average Bonchev–Trinajstić information content (AvgIpc) is 3.30. The van der Waals surface area contributed by atoms with Crippen LogP contribution in [0.1, 0.15) is 66.8 Å². The summed E-state index contributed by atoms with van der Waals surface area (Å²) in [5.74, 6) is 0.396. The molecule has 8 unspecified atom stereocenters. The van der Waals surface area contributed by atoms with Crippen LogP contribution in [0.4, 0.5) is 0 Å². The first-order chi connectivity index (χ1) is 17.9. The molecule has 2 aliphatic heterocycles. The molecule has 0 spiro atoms. The maximum absolute atomic E-state index is 11.9. The normalized spacial score (nSPS) is 34.4. The zero-order chi connectivity index (χ0) is 28.4. The molecule has 2 aromatic heterocycles. The number of aromatic amines is 2. The molecular formula is C27H38N4O7. The quantitative estimate of drug-likeness (QED) is 0.431. The summed E-state index contributed by atoms with van der Waals surface area (Å²) in [5, 5.41) is 0. The zero-order valence-electron chi connectivity index (χ0n) is 22.8. The summed E-state index contributed by atoms with van der Waals surface area (Å²) in [5.41, 5.74) is -3.08. The van der Waals surface area contributed by atoms with Gasteiger partial charge in [-0.1, -0.05) is 47.6 Å². The summed E-state index contributed by atoms with van der Waals surface area (Å²) in [7, 11) is 0. The molecule has 4 rings (SSSR count). The Morgan fingerprint density at radius 2 is 1.21 bits per heavy atom. The number of hydrogen-bond acceptors (Lipinski definition) is 7. The maximum Gasteiger partial charge on any atom is 0.330 e. The standard InChI is InChI=1S/C14H20N2O3.C13H18N2O4/c1-5-14(6-2)10(4)9(3)12(19-14)16-8-7-11(17)15-13(16)18;1-4-13(7-16)9(3)8(2)11(19-13)15-6-5-10(17)14-12(15)18/h5,7-10,12H,1,6H2,2-4H3,(H,15,17,18);5-9,11H,4H2,1-3H3,(H,14,17,18). The van der Waals surface area contributed by atoms with Gasteiger partial charge in [-0.3, -0.25) is 28.7 Å². The minimum absolute atomic E-state index is 0.00109. The fourth-order valence-electron chi connectivity index (χ4n) is 5.55. The van der Waals surface area contributed by atoms with E-state index in [-0.39, 0.29) is 29.9 Å². The third kappa shape index (κ3) is 5.04. The number of aldehydes is 1. The van der Waals surface area contributed by atoms with Crippen LogP contribution in [0.25, 0.3) is 0 Å². The van der Waals surface area contributed by atoms with Crippen LogP contribution in [0.2, 0.25) is 0 Å². The van der Waals surface area contributed by atoms with Gasteiger partial charge in [0.05, 0.1) is 5.60 Å². The van der Waals surface area contributed by atoms with Crippen molar-refractivity contribution in [2.24, 2.45) is 23.7 Å². The van der Waals surface area contributed by atoms with Gasteiger partial charge in [-0.2, -0.15) is 0 Å². The van der Waals surface area contributed by atoms with Crippen LogP contribution in [0, 0.1) is 23.7 Å². The van der Waals surface area contributed by atoms with Gasteiger partial charge in [0.15, 0.2) is 6.29 Å². The lowest BCUT2D eigenvalue weighted by molar-refractivity contribution is -0.138. The third-order valence-corrected chi connectivity index (χ3v) is 8.60. The monoisotopic (exact) mass is 530 g/mol. The minimum Gasteiger partial charge on any atom is -0.347 e. The van der Waals surface area contributed by atoms with Crippen LogP contribution in [-0.2, 0) is 14.3 Å². The summed E-state index contributed by atoms with van der Waals surface area (Å²) in [6, 6.07) is 2.61. The Bertz CT molecular complexity index is 1290. The Kier molecular flexibility index (Phi) is 8.62. The Morgan fingerprint density at radius 3 is 1.50 bits per heavy atom. The van der Waals surface area contributed by atoms with Gasteiger partial charge in [-0.25, -0.2) is 9.59 Å². The van der Waals surface area contributed by atoms with Gasteiger partial charge >= 0.3 is 11.4 Å². The molecule has 2 aliphatic rings. The van der Waals surface area contributed by atoms with Crippen molar-refractivity contribution in [1.82, 2.24) is 19.1 Å². The van der Waals surface area contributed by atoms with E-state index < -0.39 is 39.9 Å². The van der Waals surface area contributed by atoms with E-state index in [1.54, 1.807) is 0 Å². The molecule has 4 heterocycles. The first-order valence-electron chi connectivity index (χ1n) is 13.0. The number of hydrogen-bond donors (Lipinski definition) is 2. The van der Waals surface area contributed by atoms with Crippen molar-refractivity contribution in [2.75, 3.05) is 0 Å². The lowest BCUT2D eigenvalue weighted by atomic mass is 9.81. The van der Waals surface area contributed by atoms with E-state index in [4.69, 9.17) is 9.47 Å². The highest BCUT2D eigenvalue weighted by Gasteiger charge is 2.51. The summed E-state index contributed by atoms with van der Waals surface area (Å²) < 4.78 is 14.7. The van der Waals surface area contributed by atoms with E-state index in [1.807, 2.05) is 40.7 Å². The largest absolute Gasteiger partial charge is 0.347 e. The van der Waals surface area contributed by atoms with Crippen molar-refractivity contribution < 1.29 is 14.3 Å². The van der Waals surface area contributed by atoms with E-state index in [2.05, 4.69) is 23.5 Å². The summed E-state index contributed by atoms with van der Waals surface area (Å²) in [6.07, 6.45) is 5.99. The number of carbonyl (C=O) groups is 1. The molecule has 208 valence electrons. The van der Waals surface area contributed by atoms with Crippen molar-refractivity contribution in [1.29, 1.82) is 0 Å². The maximum atomic E-state index is 11.9. The smallest absolute Gasteiger partial charge is 0.330 e. The number of aromatic nitrogens is 4. The van der Waals surface area contributed by atoms with Gasteiger partial charge in [0.25, 0.3) is 11.1 Å². The molecule has 2 fully saturated rings. The highest BCUT2D eigenvalue weighted by Crippen LogP contribution is 2.47. The van der Waals surface area contributed by atoms with Crippen molar-refractivity contribution >= 4 is 6.29 Å². The van der Waals surface area contributed by atoms with Gasteiger partial charge in [0.2, 0.25) is 0 Å². The van der Waals surface area contributed by atoms with Crippen molar-refractivity contribution in [3.63, 3.8) is 0 Å². The van der Waals surface area contributed by atoms with E-state index in [1.165, 1.54) is 33.7 Å². The number of nitrogens with zero attached hydrogens (tertiary/aromatic N) is 2. The predicted molar refractivity (Wildman–Crippen MR) is 142 cm³/mol. The first kappa shape index (κ1) is 29.2. The van der Waals surface area contributed by atoms with Gasteiger partial charge < -0.3 is 14.3 Å². The van der Waals surface area contributed by atoms with Gasteiger partial charge in [0, 0.05) is 36.4 Å². The molecule has 11 heteroatoms. The fourth-order valence-corrected chi connectivity index (χ4v) is 5.55. The van der Waals surface area contributed by atoms with Crippen LogP contribution < -0.4 is 22.5 Å². The second-order valence-electron chi connectivity index (χ2n) is 10.3. The van der Waals surface area contributed by atoms with E-state index >= 15 is 0 Å². The summed E-state index contributed by atoms with van der Waals surface area (Å²) in [4.78, 5) is 61.7. The molecule has 0 saturated carbocycles. The highest BCUT2D eigenvalue weighted by atomic mass is 16.5. The van der Waals surface area contributed by atoms with Crippen molar-refractivity contribution in [3.8, 4) is 0 Å². The second kappa shape index (κ2) is 11.2. The Labute approximate surface area is 220 Å². The van der Waals surface area contributed by atoms with Crippen LogP contribution in [0.3, 0.4) is 0 Å². The lowest BCUT2D eigenvalue weighted by Gasteiger charge is -2.28. The van der Waals surface area contributed by atoms with Gasteiger partial charge in [-0.15, -0.1) is 6.58 Å². The van der Waals surface area contributed by atoms with Crippen molar-refractivity contribution in [3.05, 3.63) is 78.9 Å². The number of nitrogens with one attached hydrogen (secondary N) is 2. The highest BCUT2D eigenvalue weighted by molar-refractivity contribution is 5.63. The average molecular weight is 531 g/mol. The molecule has 0 amide bonds. The molecule has 11 nitrogen and oxygen atoms in total. The fraction of sp³-hybridized carbons (Fsp3) is 0.593. The van der Waals surface area contributed by atoms with Crippen molar-refractivity contribution in [2.45, 2.75) is 78.0 Å². The third-order valence-electron chi connectivity index (χ3n) is 8.60. The number of ether oxygens (including phenoxy) is 2. The minimum atomic E-state index is -0.861. The Balaban J connectivity index is 0.000000211. The summed E-state index contributed by atoms with van der Waals surface area (Å²) in [6.45, 7) is 15.8. The van der Waals surface area contributed by atoms with Crippen LogP contribution >= 0.6 is 0 Å². The topological polar surface area (TPSA) is 145 Å². The predicted octanol–water partition coefficient (Wildman–Crippen LogP) is 2.36.